The first-order valence-electron chi connectivity index (χ1n) is 13.9. The van der Waals surface area contributed by atoms with Crippen LogP contribution < -0.4 is 14.8 Å². The maximum absolute atomic E-state index is 13.5. The number of nitrogens with one attached hydrogen (secondary N) is 1. The second-order valence-corrected chi connectivity index (χ2v) is 10.8. The Hall–Kier alpha value is -4.11. The summed E-state index contributed by atoms with van der Waals surface area (Å²) in [5, 5.41) is 7.17. The fourth-order valence-corrected chi connectivity index (χ4v) is 5.76. The SMILES string of the molecule is Cc1cc(C(=O)N2C[C@@H]3NC(=O)CN(CC4=Cc5ccccc5OC4)CCCCOc4cccc(c4)[C@H]3C2)no1. The minimum atomic E-state index is -0.242. The molecule has 1 N–H and O–H groups in total. The number of likely N-dealkylation sites (tertiary alicyclic amines) is 1. The van der Waals surface area contributed by atoms with Crippen LogP contribution in [0.3, 0.4) is 0 Å². The molecule has 2 bridgehead atoms. The Morgan fingerprint density at radius 2 is 1.98 bits per heavy atom. The van der Waals surface area contributed by atoms with Crippen LogP contribution in [-0.2, 0) is 4.79 Å². The first-order chi connectivity index (χ1) is 19.5. The summed E-state index contributed by atoms with van der Waals surface area (Å²) in [4.78, 5) is 30.6. The normalized spacial score (nSPS) is 21.7. The molecule has 6 rings (SSSR count). The van der Waals surface area contributed by atoms with Gasteiger partial charge in [0.15, 0.2) is 5.69 Å². The van der Waals surface area contributed by atoms with Crippen molar-refractivity contribution in [2.24, 2.45) is 0 Å². The predicted octanol–water partition coefficient (Wildman–Crippen LogP) is 3.66. The van der Waals surface area contributed by atoms with Crippen molar-refractivity contribution in [2.75, 3.05) is 45.9 Å². The summed E-state index contributed by atoms with van der Waals surface area (Å²) in [5.41, 5.74) is 3.51. The maximum Gasteiger partial charge on any atom is 0.276 e. The van der Waals surface area contributed by atoms with Crippen LogP contribution >= 0.6 is 0 Å². The number of aryl methyl sites for hydroxylation is 1. The van der Waals surface area contributed by atoms with Gasteiger partial charge in [-0.15, -0.1) is 0 Å². The van der Waals surface area contributed by atoms with Crippen molar-refractivity contribution in [2.45, 2.75) is 31.7 Å². The number of hydrogen-bond acceptors (Lipinski definition) is 7. The zero-order valence-corrected chi connectivity index (χ0v) is 22.7. The highest BCUT2D eigenvalue weighted by atomic mass is 16.5. The van der Waals surface area contributed by atoms with Gasteiger partial charge in [0, 0.05) is 37.2 Å². The summed E-state index contributed by atoms with van der Waals surface area (Å²) in [5.74, 6) is 1.95. The van der Waals surface area contributed by atoms with Crippen molar-refractivity contribution in [3.63, 3.8) is 0 Å². The number of fused-ring (bicyclic) bond motifs is 5. The molecule has 0 aliphatic carbocycles. The van der Waals surface area contributed by atoms with Crippen molar-refractivity contribution in [1.82, 2.24) is 20.3 Å². The highest BCUT2D eigenvalue weighted by molar-refractivity contribution is 5.92. The molecule has 3 aromatic rings. The van der Waals surface area contributed by atoms with E-state index in [2.05, 4.69) is 21.4 Å². The van der Waals surface area contributed by atoms with E-state index >= 15 is 0 Å². The van der Waals surface area contributed by atoms with Gasteiger partial charge in [-0.1, -0.05) is 35.5 Å². The molecule has 0 saturated carbocycles. The summed E-state index contributed by atoms with van der Waals surface area (Å²) in [6, 6.07) is 17.4. The van der Waals surface area contributed by atoms with Gasteiger partial charge >= 0.3 is 0 Å². The van der Waals surface area contributed by atoms with E-state index in [4.69, 9.17) is 14.0 Å². The monoisotopic (exact) mass is 542 g/mol. The first kappa shape index (κ1) is 26.1. The van der Waals surface area contributed by atoms with E-state index in [9.17, 15) is 9.59 Å². The number of aromatic nitrogens is 1. The van der Waals surface area contributed by atoms with Crippen LogP contribution in [0, 0.1) is 6.92 Å². The molecule has 1 fully saturated rings. The number of para-hydroxylation sites is 1. The van der Waals surface area contributed by atoms with Gasteiger partial charge in [0.05, 0.1) is 19.2 Å². The van der Waals surface area contributed by atoms with Crippen molar-refractivity contribution in [1.29, 1.82) is 0 Å². The van der Waals surface area contributed by atoms with E-state index in [-0.39, 0.29) is 36.0 Å². The molecule has 0 radical (unpaired) electrons. The van der Waals surface area contributed by atoms with Crippen molar-refractivity contribution >= 4 is 17.9 Å². The zero-order valence-electron chi connectivity index (χ0n) is 22.7. The highest BCUT2D eigenvalue weighted by Crippen LogP contribution is 2.31. The van der Waals surface area contributed by atoms with Gasteiger partial charge in [0.25, 0.3) is 5.91 Å². The van der Waals surface area contributed by atoms with Crippen LogP contribution in [0.1, 0.15) is 46.1 Å². The summed E-state index contributed by atoms with van der Waals surface area (Å²) < 4.78 is 17.2. The molecule has 2 atom stereocenters. The number of carbonyl (C=O) groups is 2. The fourth-order valence-electron chi connectivity index (χ4n) is 5.76. The Morgan fingerprint density at radius 1 is 1.07 bits per heavy atom. The third kappa shape index (κ3) is 5.89. The maximum atomic E-state index is 13.5. The number of hydrogen-bond donors (Lipinski definition) is 1. The van der Waals surface area contributed by atoms with E-state index in [1.165, 1.54) is 0 Å². The van der Waals surface area contributed by atoms with Gasteiger partial charge in [-0.05, 0) is 61.7 Å². The lowest BCUT2D eigenvalue weighted by Gasteiger charge is -2.27. The number of nitrogens with zero attached hydrogens (tertiary/aromatic N) is 3. The fraction of sp³-hybridized carbons (Fsp3) is 0.387. The second-order valence-electron chi connectivity index (χ2n) is 10.8. The van der Waals surface area contributed by atoms with Crippen molar-refractivity contribution in [3.05, 3.63) is 82.8 Å². The van der Waals surface area contributed by atoms with Gasteiger partial charge in [-0.2, -0.15) is 0 Å². The standard InChI is InChI=1S/C31H34N4O5/c1-21-13-27(33-40-21)31(37)35-17-26-23-8-6-9-25(15-23)38-12-5-4-11-34(19-30(36)32-28(26)18-35)16-22-14-24-7-2-3-10-29(24)39-20-22/h2-3,6-10,13-15,26,28H,4-5,11-12,16-20H2,1H3,(H,32,36)/t26-,28+/m1/s1. The average Bonchev–Trinajstić information content (AvgIpc) is 3.58. The number of benzene rings is 2. The third-order valence-electron chi connectivity index (χ3n) is 7.71. The quantitative estimate of drug-likeness (QED) is 0.540. The van der Waals surface area contributed by atoms with Crippen LogP contribution in [0.15, 0.2) is 64.7 Å². The van der Waals surface area contributed by atoms with Gasteiger partial charge in [-0.25, -0.2) is 0 Å². The van der Waals surface area contributed by atoms with Crippen LogP contribution in [0.4, 0.5) is 0 Å². The zero-order chi connectivity index (χ0) is 27.5. The van der Waals surface area contributed by atoms with Crippen molar-refractivity contribution < 1.29 is 23.6 Å². The number of ether oxygens (including phenoxy) is 2. The molecule has 9 heteroatoms. The molecular formula is C31H34N4O5. The number of amides is 2. The molecule has 1 aromatic heterocycles. The lowest BCUT2D eigenvalue weighted by atomic mass is 9.94. The van der Waals surface area contributed by atoms with E-state index in [1.54, 1.807) is 17.9 Å². The molecule has 2 amide bonds. The Labute approximate surface area is 233 Å². The largest absolute Gasteiger partial charge is 0.494 e. The molecule has 4 heterocycles. The van der Waals surface area contributed by atoms with E-state index in [1.807, 2.05) is 48.5 Å². The smallest absolute Gasteiger partial charge is 0.276 e. The molecule has 3 aliphatic rings. The number of carbonyl (C=O) groups excluding carboxylic acids is 2. The molecule has 2 aromatic carbocycles. The summed E-state index contributed by atoms with van der Waals surface area (Å²) in [6.45, 7) is 5.40. The minimum Gasteiger partial charge on any atom is -0.494 e. The Balaban J connectivity index is 1.21. The first-order valence-corrected chi connectivity index (χ1v) is 13.9. The molecule has 9 nitrogen and oxygen atoms in total. The van der Waals surface area contributed by atoms with E-state index in [0.717, 1.165) is 47.6 Å². The average molecular weight is 543 g/mol. The summed E-state index contributed by atoms with van der Waals surface area (Å²) in [7, 11) is 0. The predicted molar refractivity (Wildman–Crippen MR) is 149 cm³/mol. The van der Waals surface area contributed by atoms with E-state index < -0.39 is 0 Å². The third-order valence-corrected chi connectivity index (χ3v) is 7.71. The molecule has 0 spiro atoms. The summed E-state index contributed by atoms with van der Waals surface area (Å²) >= 11 is 0. The second kappa shape index (κ2) is 11.6. The topological polar surface area (TPSA) is 97.1 Å². The van der Waals surface area contributed by atoms with Gasteiger partial charge in [0.2, 0.25) is 5.91 Å². The Bertz CT molecular complexity index is 1420. The highest BCUT2D eigenvalue weighted by Gasteiger charge is 2.38. The molecule has 208 valence electrons. The Morgan fingerprint density at radius 3 is 2.85 bits per heavy atom. The molecule has 3 aliphatic heterocycles. The van der Waals surface area contributed by atoms with Crippen molar-refractivity contribution in [3.8, 4) is 11.5 Å². The van der Waals surface area contributed by atoms with Crippen LogP contribution in [0.25, 0.3) is 6.08 Å². The molecule has 0 unspecified atom stereocenters. The van der Waals surface area contributed by atoms with E-state index in [0.29, 0.717) is 38.6 Å². The molecule has 40 heavy (non-hydrogen) atoms. The molecule has 1 saturated heterocycles. The lowest BCUT2D eigenvalue weighted by Crippen LogP contribution is -2.46. The van der Waals surface area contributed by atoms with Gasteiger partial charge in [0.1, 0.15) is 23.9 Å². The molecular weight excluding hydrogens is 508 g/mol. The lowest BCUT2D eigenvalue weighted by molar-refractivity contribution is -0.122. The van der Waals surface area contributed by atoms with Crippen LogP contribution in [0.5, 0.6) is 11.5 Å². The van der Waals surface area contributed by atoms with Gasteiger partial charge in [-0.3, -0.25) is 14.5 Å². The van der Waals surface area contributed by atoms with Crippen LogP contribution in [0.2, 0.25) is 0 Å². The minimum absolute atomic E-state index is 0.0521. The summed E-state index contributed by atoms with van der Waals surface area (Å²) in [6.07, 6.45) is 3.95. The number of rotatable bonds is 3. The van der Waals surface area contributed by atoms with Gasteiger partial charge < -0.3 is 24.2 Å². The Kier molecular flexibility index (Phi) is 7.55. The van der Waals surface area contributed by atoms with Crippen LogP contribution in [-0.4, -0.2) is 78.8 Å².